The van der Waals surface area contributed by atoms with Crippen LogP contribution >= 0.6 is 12.1 Å². The van der Waals surface area contributed by atoms with E-state index in [0.29, 0.717) is 0 Å². The summed E-state index contributed by atoms with van der Waals surface area (Å²) in [6.07, 6.45) is 0. The van der Waals surface area contributed by atoms with Crippen LogP contribution in [-0.4, -0.2) is 0 Å². The molecule has 1 rings (SSSR count). The van der Waals surface area contributed by atoms with Gasteiger partial charge in [0.15, 0.2) is 0 Å². The number of rotatable bonds is 1. The summed E-state index contributed by atoms with van der Waals surface area (Å²) in [5.74, 6) is -0.509. The lowest BCUT2D eigenvalue weighted by Crippen LogP contribution is -1.74. The molecular formula is C6H4F2S. The molecule has 0 heterocycles. The van der Waals surface area contributed by atoms with Crippen LogP contribution in [0.4, 0.5) is 8.28 Å². The first-order chi connectivity index (χ1) is 4.34. The van der Waals surface area contributed by atoms with E-state index in [1.165, 1.54) is 18.2 Å². The molecule has 0 atom stereocenters. The summed E-state index contributed by atoms with van der Waals surface area (Å²) in [6, 6.07) is 5.72. The molecule has 0 saturated heterocycles. The van der Waals surface area contributed by atoms with Crippen LogP contribution in [0.2, 0.25) is 0 Å². The predicted octanol–water partition coefficient (Wildman–Crippen LogP) is 2.80. The molecule has 0 spiro atoms. The predicted molar refractivity (Wildman–Crippen MR) is 33.4 cm³/mol. The fourth-order valence-corrected chi connectivity index (χ4v) is 0.779. The van der Waals surface area contributed by atoms with Crippen molar-refractivity contribution in [3.63, 3.8) is 0 Å². The van der Waals surface area contributed by atoms with Crippen molar-refractivity contribution in [2.45, 2.75) is 4.90 Å². The van der Waals surface area contributed by atoms with Crippen molar-refractivity contribution in [2.75, 3.05) is 0 Å². The molecule has 0 saturated carbocycles. The molecule has 3 heteroatoms. The first kappa shape index (κ1) is 6.55. The highest BCUT2D eigenvalue weighted by molar-refractivity contribution is 7.94. The molecule has 0 aliphatic carbocycles. The van der Waals surface area contributed by atoms with E-state index in [9.17, 15) is 8.28 Å². The smallest absolute Gasteiger partial charge is 0.139 e. The zero-order chi connectivity index (χ0) is 6.69. The van der Waals surface area contributed by atoms with Crippen LogP contribution in [0.5, 0.6) is 0 Å². The van der Waals surface area contributed by atoms with E-state index in [-0.39, 0.29) is 17.0 Å². The minimum absolute atomic E-state index is 0.0394. The van der Waals surface area contributed by atoms with Crippen LogP contribution in [-0.2, 0) is 0 Å². The van der Waals surface area contributed by atoms with Crippen molar-refractivity contribution in [3.05, 3.63) is 30.1 Å². The maximum absolute atomic E-state index is 12.3. The lowest BCUT2D eigenvalue weighted by Gasteiger charge is -1.90. The largest absolute Gasteiger partial charge is 0.206 e. The second-order valence-electron chi connectivity index (χ2n) is 1.51. The summed E-state index contributed by atoms with van der Waals surface area (Å²) >= 11 is -0.0796. The van der Waals surface area contributed by atoms with Gasteiger partial charge < -0.3 is 0 Å². The van der Waals surface area contributed by atoms with E-state index in [1.54, 1.807) is 6.07 Å². The van der Waals surface area contributed by atoms with Gasteiger partial charge in [-0.25, -0.2) is 4.39 Å². The van der Waals surface area contributed by atoms with Gasteiger partial charge in [-0.15, -0.1) is 0 Å². The van der Waals surface area contributed by atoms with Crippen LogP contribution < -0.4 is 0 Å². The highest BCUT2D eigenvalue weighted by Crippen LogP contribution is 2.20. The maximum Gasteiger partial charge on any atom is 0.139 e. The van der Waals surface area contributed by atoms with Crippen molar-refractivity contribution >= 4 is 12.1 Å². The van der Waals surface area contributed by atoms with Gasteiger partial charge in [-0.2, -0.15) is 3.89 Å². The second-order valence-corrected chi connectivity index (χ2v) is 2.10. The van der Waals surface area contributed by atoms with E-state index in [4.69, 9.17) is 0 Å². The number of benzene rings is 1. The van der Waals surface area contributed by atoms with Gasteiger partial charge in [0.1, 0.15) is 5.82 Å². The molecule has 0 N–H and O–H groups in total. The number of hydrogen-bond donors (Lipinski definition) is 0. The molecule has 1 aromatic carbocycles. The molecule has 0 aliphatic heterocycles. The molecule has 0 aliphatic rings. The van der Waals surface area contributed by atoms with Gasteiger partial charge in [0, 0.05) is 0 Å². The van der Waals surface area contributed by atoms with Gasteiger partial charge in [0.25, 0.3) is 0 Å². The second kappa shape index (κ2) is 2.82. The Balaban J connectivity index is 3.01. The lowest BCUT2D eigenvalue weighted by molar-refractivity contribution is 0.600. The summed E-state index contributed by atoms with van der Waals surface area (Å²) in [6.45, 7) is 0. The zero-order valence-electron chi connectivity index (χ0n) is 4.47. The average Bonchev–Trinajstić information content (AvgIpc) is 1.89. The summed E-state index contributed by atoms with van der Waals surface area (Å²) < 4.78 is 24.0. The molecule has 0 bridgehead atoms. The highest BCUT2D eigenvalue weighted by atomic mass is 32.2. The van der Waals surface area contributed by atoms with Crippen molar-refractivity contribution in [1.82, 2.24) is 0 Å². The Labute approximate surface area is 56.2 Å². The van der Waals surface area contributed by atoms with Crippen LogP contribution in [0.1, 0.15) is 0 Å². The molecule has 0 nitrogen and oxygen atoms in total. The minimum atomic E-state index is -0.509. The summed E-state index contributed by atoms with van der Waals surface area (Å²) in [7, 11) is 0. The topological polar surface area (TPSA) is 0 Å². The van der Waals surface area contributed by atoms with E-state index < -0.39 is 5.82 Å². The van der Waals surface area contributed by atoms with Crippen molar-refractivity contribution in [3.8, 4) is 0 Å². The third-order valence-electron chi connectivity index (χ3n) is 0.920. The Morgan fingerprint density at radius 2 is 1.89 bits per heavy atom. The van der Waals surface area contributed by atoms with Crippen LogP contribution in [0.3, 0.4) is 0 Å². The standard InChI is InChI=1S/C6H4F2S/c7-5-3-1-2-4-6(5)9-8/h1-4H. The first-order valence-electron chi connectivity index (χ1n) is 2.37. The fourth-order valence-electron chi connectivity index (χ4n) is 0.507. The molecule has 48 valence electrons. The minimum Gasteiger partial charge on any atom is -0.206 e. The van der Waals surface area contributed by atoms with Crippen LogP contribution in [0.25, 0.3) is 0 Å². The summed E-state index contributed by atoms with van der Waals surface area (Å²) in [5.41, 5.74) is 0. The highest BCUT2D eigenvalue weighted by Gasteiger charge is 1.97. The van der Waals surface area contributed by atoms with Crippen LogP contribution in [0, 0.1) is 5.82 Å². The molecule has 0 unspecified atom stereocenters. The third kappa shape index (κ3) is 1.42. The summed E-state index contributed by atoms with van der Waals surface area (Å²) in [5, 5.41) is 0. The van der Waals surface area contributed by atoms with Gasteiger partial charge in [0.05, 0.1) is 17.0 Å². The number of hydrogen-bond acceptors (Lipinski definition) is 1. The van der Waals surface area contributed by atoms with Gasteiger partial charge in [0.2, 0.25) is 0 Å². The Morgan fingerprint density at radius 3 is 2.33 bits per heavy atom. The maximum atomic E-state index is 12.3. The average molecular weight is 146 g/mol. The van der Waals surface area contributed by atoms with E-state index in [2.05, 4.69) is 0 Å². The Kier molecular flexibility index (Phi) is 2.05. The third-order valence-corrected chi connectivity index (χ3v) is 1.42. The Bertz CT molecular complexity index is 200. The molecule has 9 heavy (non-hydrogen) atoms. The molecule has 0 aromatic heterocycles. The molecule has 1 aromatic rings. The molecule has 0 radical (unpaired) electrons. The fraction of sp³-hybridized carbons (Fsp3) is 0. The Hall–Kier alpha value is -0.570. The molecular weight excluding hydrogens is 142 g/mol. The van der Waals surface area contributed by atoms with Crippen LogP contribution in [0.15, 0.2) is 29.2 Å². The van der Waals surface area contributed by atoms with Crippen molar-refractivity contribution < 1.29 is 8.28 Å². The first-order valence-corrected chi connectivity index (χ1v) is 3.09. The zero-order valence-corrected chi connectivity index (χ0v) is 5.29. The van der Waals surface area contributed by atoms with Gasteiger partial charge in [-0.05, 0) is 12.1 Å². The van der Waals surface area contributed by atoms with Gasteiger partial charge in [-0.3, -0.25) is 0 Å². The van der Waals surface area contributed by atoms with E-state index in [0.717, 1.165) is 0 Å². The van der Waals surface area contributed by atoms with E-state index >= 15 is 0 Å². The van der Waals surface area contributed by atoms with Crippen molar-refractivity contribution in [2.24, 2.45) is 0 Å². The SMILES string of the molecule is FSc1ccccc1F. The quantitative estimate of drug-likeness (QED) is 0.587. The van der Waals surface area contributed by atoms with Gasteiger partial charge in [-0.1, -0.05) is 12.1 Å². The summed E-state index contributed by atoms with van der Waals surface area (Å²) in [4.78, 5) is 0.0394. The molecule has 0 amide bonds. The van der Waals surface area contributed by atoms with E-state index in [1.807, 2.05) is 0 Å². The lowest BCUT2D eigenvalue weighted by atomic mass is 10.4. The normalized spacial score (nSPS) is 9.56. The Morgan fingerprint density at radius 1 is 1.22 bits per heavy atom. The monoisotopic (exact) mass is 146 g/mol. The molecule has 0 fully saturated rings. The number of halogens is 2. The van der Waals surface area contributed by atoms with Gasteiger partial charge >= 0.3 is 0 Å². The van der Waals surface area contributed by atoms with Crippen molar-refractivity contribution in [1.29, 1.82) is 0 Å².